The Bertz CT molecular complexity index is 779. The van der Waals surface area contributed by atoms with Gasteiger partial charge < -0.3 is 24.1 Å². The van der Waals surface area contributed by atoms with E-state index in [0.717, 1.165) is 0 Å². The number of esters is 1. The van der Waals surface area contributed by atoms with Gasteiger partial charge in [-0.1, -0.05) is 29.3 Å². The van der Waals surface area contributed by atoms with Gasteiger partial charge in [0.15, 0.2) is 18.3 Å². The molecule has 2 rings (SSSR count). The van der Waals surface area contributed by atoms with E-state index in [1.165, 1.54) is 19.2 Å². The van der Waals surface area contributed by atoms with Gasteiger partial charge >= 0.3 is 5.97 Å². The molecule has 0 saturated carbocycles. The van der Waals surface area contributed by atoms with Crippen LogP contribution in [0.15, 0.2) is 30.3 Å². The van der Waals surface area contributed by atoms with E-state index in [9.17, 15) is 9.90 Å². The molecule has 140 valence electrons. The molecule has 6 nitrogen and oxygen atoms in total. The first-order valence-electron chi connectivity index (χ1n) is 7.69. The third-order valence-electron chi connectivity index (χ3n) is 3.37. The van der Waals surface area contributed by atoms with Crippen molar-refractivity contribution in [1.82, 2.24) is 0 Å². The molecule has 0 aliphatic carbocycles. The smallest absolute Gasteiger partial charge is 0.341 e. The predicted octanol–water partition coefficient (Wildman–Crippen LogP) is 4.44. The van der Waals surface area contributed by atoms with Crippen molar-refractivity contribution in [2.24, 2.45) is 0 Å². The fraction of sp³-hybridized carbons (Fsp3) is 0.278. The Labute approximate surface area is 161 Å². The molecule has 0 aliphatic heterocycles. The maximum atomic E-state index is 11.6. The number of methoxy groups -OCH3 is 1. The number of aromatic hydroxyl groups is 1. The van der Waals surface area contributed by atoms with Crippen LogP contribution in [-0.4, -0.2) is 31.6 Å². The molecule has 0 unspecified atom stereocenters. The minimum atomic E-state index is -0.666. The molecular weight excluding hydrogens is 383 g/mol. The lowest BCUT2D eigenvalue weighted by molar-refractivity contribution is 0.0224. The zero-order valence-electron chi connectivity index (χ0n) is 14.3. The first-order valence-corrected chi connectivity index (χ1v) is 8.45. The van der Waals surface area contributed by atoms with Gasteiger partial charge in [0.2, 0.25) is 0 Å². The molecule has 0 aliphatic rings. The van der Waals surface area contributed by atoms with Gasteiger partial charge in [0, 0.05) is 23.3 Å². The van der Waals surface area contributed by atoms with Gasteiger partial charge in [0.05, 0.1) is 12.1 Å². The highest BCUT2D eigenvalue weighted by Crippen LogP contribution is 2.35. The number of hydrogen-bond acceptors (Lipinski definition) is 6. The van der Waals surface area contributed by atoms with Gasteiger partial charge in [-0.2, -0.15) is 0 Å². The standard InChI is InChI=1S/C18H18Cl2O6/c1-3-24-10-26-15-8-12(19)7-11(16(15)20)9-25-14-6-4-5-13(17(14)21)18(22)23-2/h4-8,21H,3,9-10H2,1-2H3. The van der Waals surface area contributed by atoms with Gasteiger partial charge in [-0.15, -0.1) is 0 Å². The van der Waals surface area contributed by atoms with Crippen molar-refractivity contribution in [1.29, 1.82) is 0 Å². The zero-order chi connectivity index (χ0) is 19.1. The lowest BCUT2D eigenvalue weighted by Gasteiger charge is -2.14. The van der Waals surface area contributed by atoms with E-state index in [1.54, 1.807) is 18.2 Å². The first kappa shape index (κ1) is 20.2. The maximum Gasteiger partial charge on any atom is 0.341 e. The molecule has 0 heterocycles. The fourth-order valence-electron chi connectivity index (χ4n) is 2.09. The molecule has 0 saturated heterocycles. The summed E-state index contributed by atoms with van der Waals surface area (Å²) in [6.45, 7) is 2.39. The van der Waals surface area contributed by atoms with E-state index >= 15 is 0 Å². The lowest BCUT2D eigenvalue weighted by Crippen LogP contribution is -2.05. The highest BCUT2D eigenvalue weighted by molar-refractivity contribution is 6.34. The van der Waals surface area contributed by atoms with Crippen molar-refractivity contribution in [2.45, 2.75) is 13.5 Å². The van der Waals surface area contributed by atoms with E-state index in [-0.39, 0.29) is 30.5 Å². The Morgan fingerprint density at radius 3 is 2.62 bits per heavy atom. The van der Waals surface area contributed by atoms with Crippen molar-refractivity contribution >= 4 is 29.2 Å². The van der Waals surface area contributed by atoms with Crippen LogP contribution in [-0.2, 0) is 16.1 Å². The topological polar surface area (TPSA) is 74.2 Å². The van der Waals surface area contributed by atoms with Gasteiger partial charge in [-0.25, -0.2) is 4.79 Å². The Hall–Kier alpha value is -2.15. The average Bonchev–Trinajstić information content (AvgIpc) is 2.63. The molecule has 0 spiro atoms. The van der Waals surface area contributed by atoms with Crippen LogP contribution in [0.2, 0.25) is 10.0 Å². The minimum absolute atomic E-state index is 0.00255. The molecular formula is C18H18Cl2O6. The molecule has 0 radical (unpaired) electrons. The van der Waals surface area contributed by atoms with Gasteiger partial charge in [-0.3, -0.25) is 0 Å². The molecule has 0 atom stereocenters. The highest BCUT2D eigenvalue weighted by Gasteiger charge is 2.17. The largest absolute Gasteiger partial charge is 0.504 e. The second kappa shape index (κ2) is 9.52. The number of halogens is 2. The quantitative estimate of drug-likeness (QED) is 0.401. The third-order valence-corrected chi connectivity index (χ3v) is 4.02. The third kappa shape index (κ3) is 4.94. The number of ether oxygens (including phenoxy) is 4. The number of phenolic OH excluding ortho intramolecular Hbond substituents is 1. The van der Waals surface area contributed by atoms with Crippen molar-refractivity contribution < 1.29 is 28.8 Å². The molecule has 0 aromatic heterocycles. The van der Waals surface area contributed by atoms with Crippen LogP contribution < -0.4 is 9.47 Å². The highest BCUT2D eigenvalue weighted by atomic mass is 35.5. The maximum absolute atomic E-state index is 11.6. The molecule has 2 aromatic carbocycles. The Balaban J connectivity index is 2.18. The zero-order valence-corrected chi connectivity index (χ0v) is 15.8. The van der Waals surface area contributed by atoms with E-state index in [0.29, 0.717) is 28.0 Å². The summed E-state index contributed by atoms with van der Waals surface area (Å²) in [6.07, 6.45) is 0. The summed E-state index contributed by atoms with van der Waals surface area (Å²) in [5.41, 5.74) is 0.552. The Kier molecular flexibility index (Phi) is 7.38. The normalized spacial score (nSPS) is 10.5. The summed E-state index contributed by atoms with van der Waals surface area (Å²) in [4.78, 5) is 11.6. The Morgan fingerprint density at radius 2 is 1.92 bits per heavy atom. The number of benzene rings is 2. The average molecular weight is 401 g/mol. The van der Waals surface area contributed by atoms with Crippen LogP contribution in [0.4, 0.5) is 0 Å². The summed E-state index contributed by atoms with van der Waals surface area (Å²) >= 11 is 12.4. The van der Waals surface area contributed by atoms with Gasteiger partial charge in [-0.05, 0) is 25.1 Å². The van der Waals surface area contributed by atoms with E-state index < -0.39 is 5.97 Å². The van der Waals surface area contributed by atoms with Crippen molar-refractivity contribution in [3.63, 3.8) is 0 Å². The van der Waals surface area contributed by atoms with Gasteiger partial charge in [0.1, 0.15) is 17.9 Å². The SMILES string of the molecule is CCOCOc1cc(Cl)cc(COc2cccc(C(=O)OC)c2O)c1Cl. The molecule has 1 N–H and O–H groups in total. The van der Waals surface area contributed by atoms with Crippen molar-refractivity contribution in [3.05, 3.63) is 51.5 Å². The minimum Gasteiger partial charge on any atom is -0.504 e. The van der Waals surface area contributed by atoms with Crippen LogP contribution in [0.5, 0.6) is 17.2 Å². The van der Waals surface area contributed by atoms with E-state index in [4.69, 9.17) is 37.4 Å². The predicted molar refractivity (Wildman–Crippen MR) is 97.4 cm³/mol. The summed E-state index contributed by atoms with van der Waals surface area (Å²) in [5.74, 6) is -0.509. The van der Waals surface area contributed by atoms with Crippen LogP contribution >= 0.6 is 23.2 Å². The number of carbonyl (C=O) groups excluding carboxylic acids is 1. The number of carbonyl (C=O) groups is 1. The molecule has 0 fully saturated rings. The molecule has 0 amide bonds. The lowest BCUT2D eigenvalue weighted by atomic mass is 10.2. The fourth-order valence-corrected chi connectivity index (χ4v) is 2.53. The summed E-state index contributed by atoms with van der Waals surface area (Å²) in [7, 11) is 1.23. The molecule has 2 aromatic rings. The Morgan fingerprint density at radius 1 is 1.15 bits per heavy atom. The van der Waals surface area contributed by atoms with Crippen molar-refractivity contribution in [3.8, 4) is 17.2 Å². The van der Waals surface area contributed by atoms with Gasteiger partial charge in [0.25, 0.3) is 0 Å². The van der Waals surface area contributed by atoms with E-state index in [1.807, 2.05) is 6.92 Å². The first-order chi connectivity index (χ1) is 12.5. The molecule has 0 bridgehead atoms. The van der Waals surface area contributed by atoms with Crippen LogP contribution in [0, 0.1) is 0 Å². The van der Waals surface area contributed by atoms with Crippen LogP contribution in [0.1, 0.15) is 22.8 Å². The summed E-state index contributed by atoms with van der Waals surface area (Å²) in [6, 6.07) is 7.71. The molecule has 26 heavy (non-hydrogen) atoms. The summed E-state index contributed by atoms with van der Waals surface area (Å²) in [5, 5.41) is 10.9. The van der Waals surface area contributed by atoms with Crippen LogP contribution in [0.25, 0.3) is 0 Å². The van der Waals surface area contributed by atoms with E-state index in [2.05, 4.69) is 4.74 Å². The van der Waals surface area contributed by atoms with Crippen LogP contribution in [0.3, 0.4) is 0 Å². The van der Waals surface area contributed by atoms with Crippen molar-refractivity contribution in [2.75, 3.05) is 20.5 Å². The number of para-hydroxylation sites is 1. The number of phenols is 1. The monoisotopic (exact) mass is 400 g/mol. The number of hydrogen-bond donors (Lipinski definition) is 1. The molecule has 8 heteroatoms. The second-order valence-corrected chi connectivity index (χ2v) is 5.88. The summed E-state index contributed by atoms with van der Waals surface area (Å²) < 4.78 is 20.8. The number of rotatable bonds is 8. The second-order valence-electron chi connectivity index (χ2n) is 5.06.